The molecule has 12 rings (SSSR count). The molecule has 1 atom stereocenters. The lowest BCUT2D eigenvalue weighted by Crippen LogP contribution is -2.06. The van der Waals surface area contributed by atoms with E-state index in [1.54, 1.807) is 0 Å². The zero-order valence-electron chi connectivity index (χ0n) is 30.7. The van der Waals surface area contributed by atoms with Crippen molar-refractivity contribution in [1.29, 1.82) is 0 Å². The number of nitrogens with zero attached hydrogens (tertiary/aromatic N) is 4. The highest BCUT2D eigenvalue weighted by Gasteiger charge is 2.33. The number of para-hydroxylation sites is 1. The predicted octanol–water partition coefficient (Wildman–Crippen LogP) is 13.5. The van der Waals surface area contributed by atoms with Crippen LogP contribution >= 0.6 is 11.3 Å². The van der Waals surface area contributed by atoms with E-state index in [4.69, 9.17) is 15.0 Å². The Labute approximate surface area is 333 Å². The predicted molar refractivity (Wildman–Crippen MR) is 236 cm³/mol. The number of hydrogen-bond acceptors (Lipinski definition) is 4. The molecular weight excluding hydrogens is 713 g/mol. The maximum atomic E-state index is 5.35. The highest BCUT2D eigenvalue weighted by Crippen LogP contribution is 2.52. The third-order valence-electron chi connectivity index (χ3n) is 11.6. The molecule has 3 aromatic heterocycles. The van der Waals surface area contributed by atoms with Gasteiger partial charge in [0.15, 0.2) is 11.6 Å². The van der Waals surface area contributed by atoms with Crippen molar-refractivity contribution in [3.05, 3.63) is 205 Å². The molecule has 0 spiro atoms. The molecule has 11 aromatic rings. The van der Waals surface area contributed by atoms with Crippen molar-refractivity contribution in [2.45, 2.75) is 5.92 Å². The van der Waals surface area contributed by atoms with Gasteiger partial charge in [-0.05, 0) is 63.2 Å². The first kappa shape index (κ1) is 32.1. The minimum absolute atomic E-state index is 0.101. The average Bonchev–Trinajstić information content (AvgIpc) is 3.94. The van der Waals surface area contributed by atoms with Gasteiger partial charge in [-0.2, -0.15) is 9.97 Å². The van der Waals surface area contributed by atoms with Gasteiger partial charge in [-0.1, -0.05) is 164 Å². The van der Waals surface area contributed by atoms with E-state index in [-0.39, 0.29) is 5.92 Å². The third-order valence-corrected chi connectivity index (χ3v) is 12.7. The van der Waals surface area contributed by atoms with Gasteiger partial charge in [0.25, 0.3) is 0 Å². The number of benzene rings is 8. The molecule has 0 radical (unpaired) electrons. The van der Waals surface area contributed by atoms with Crippen LogP contribution in [0.4, 0.5) is 0 Å². The second-order valence-corrected chi connectivity index (χ2v) is 15.8. The van der Waals surface area contributed by atoms with Crippen molar-refractivity contribution in [2.24, 2.45) is 0 Å². The smallest absolute Gasteiger partial charge is 0.238 e. The first-order valence-corrected chi connectivity index (χ1v) is 20.1. The number of hydrogen-bond donors (Lipinski definition) is 0. The fraction of sp³-hybridized carbons (Fsp3) is 0.0192. The summed E-state index contributed by atoms with van der Waals surface area (Å²) in [7, 11) is 0. The summed E-state index contributed by atoms with van der Waals surface area (Å²) in [6.07, 6.45) is 0. The Morgan fingerprint density at radius 3 is 1.93 bits per heavy atom. The molecule has 3 heterocycles. The molecule has 0 N–H and O–H groups in total. The van der Waals surface area contributed by atoms with Crippen LogP contribution in [-0.4, -0.2) is 19.5 Å². The molecule has 5 heteroatoms. The van der Waals surface area contributed by atoms with Crippen LogP contribution in [0.25, 0.3) is 93.0 Å². The largest absolute Gasteiger partial charge is 0.278 e. The van der Waals surface area contributed by atoms with E-state index in [1.165, 1.54) is 69.9 Å². The molecule has 0 aliphatic heterocycles. The van der Waals surface area contributed by atoms with Gasteiger partial charge in [0, 0.05) is 48.0 Å². The van der Waals surface area contributed by atoms with Crippen molar-refractivity contribution < 1.29 is 0 Å². The van der Waals surface area contributed by atoms with Crippen molar-refractivity contribution in [3.63, 3.8) is 0 Å². The topological polar surface area (TPSA) is 43.6 Å². The minimum Gasteiger partial charge on any atom is -0.278 e. The Morgan fingerprint density at radius 1 is 0.421 bits per heavy atom. The Morgan fingerprint density at radius 2 is 1.11 bits per heavy atom. The molecule has 0 saturated heterocycles. The first-order chi connectivity index (χ1) is 28.3. The van der Waals surface area contributed by atoms with Crippen LogP contribution in [0.5, 0.6) is 0 Å². The number of aromatic nitrogens is 4. The van der Waals surface area contributed by atoms with Gasteiger partial charge in [-0.15, -0.1) is 11.3 Å². The summed E-state index contributed by atoms with van der Waals surface area (Å²) in [5, 5.41) is 4.94. The summed E-state index contributed by atoms with van der Waals surface area (Å²) in [5.74, 6) is 1.98. The minimum atomic E-state index is 0.101. The fourth-order valence-electron chi connectivity index (χ4n) is 9.11. The summed E-state index contributed by atoms with van der Waals surface area (Å²) in [6.45, 7) is 0. The van der Waals surface area contributed by atoms with Crippen LogP contribution in [0.15, 0.2) is 188 Å². The Hall–Kier alpha value is -7.21. The average molecular weight is 745 g/mol. The van der Waals surface area contributed by atoms with Crippen molar-refractivity contribution in [1.82, 2.24) is 19.5 Å². The van der Waals surface area contributed by atoms with Crippen LogP contribution in [-0.2, 0) is 0 Å². The van der Waals surface area contributed by atoms with Gasteiger partial charge in [-0.3, -0.25) is 4.57 Å². The van der Waals surface area contributed by atoms with Crippen molar-refractivity contribution in [3.8, 4) is 51.0 Å². The molecule has 8 aromatic carbocycles. The zero-order valence-corrected chi connectivity index (χ0v) is 31.5. The monoisotopic (exact) mass is 744 g/mol. The molecule has 266 valence electrons. The molecule has 1 aliphatic rings. The summed E-state index contributed by atoms with van der Waals surface area (Å²) < 4.78 is 4.71. The van der Waals surface area contributed by atoms with E-state index in [9.17, 15) is 0 Å². The SMILES string of the molecule is c1ccc(-c2nc(-c3ccc4c(c3)sc3cccc(-c5ccccc5)c34)nc(-n3c4ccccc4c4c5c(ccc43)-c3ccccc3C5c3ccccc3)n2)cc1. The summed E-state index contributed by atoms with van der Waals surface area (Å²) in [5.41, 5.74) is 13.0. The van der Waals surface area contributed by atoms with Crippen molar-refractivity contribution in [2.75, 3.05) is 0 Å². The molecule has 4 nitrogen and oxygen atoms in total. The van der Waals surface area contributed by atoms with E-state index < -0.39 is 0 Å². The molecule has 0 amide bonds. The third kappa shape index (κ3) is 4.96. The lowest BCUT2D eigenvalue weighted by atomic mass is 9.87. The normalized spacial score (nSPS) is 13.4. The van der Waals surface area contributed by atoms with Crippen LogP contribution in [0.1, 0.15) is 22.6 Å². The van der Waals surface area contributed by atoms with E-state index >= 15 is 0 Å². The van der Waals surface area contributed by atoms with Gasteiger partial charge in [-0.25, -0.2) is 4.98 Å². The first-order valence-electron chi connectivity index (χ1n) is 19.3. The number of fused-ring (bicyclic) bond motifs is 10. The van der Waals surface area contributed by atoms with Gasteiger partial charge >= 0.3 is 0 Å². The van der Waals surface area contributed by atoms with Gasteiger partial charge in [0.05, 0.1) is 11.0 Å². The molecule has 1 unspecified atom stereocenters. The molecular formula is C52H32N4S. The van der Waals surface area contributed by atoms with Crippen LogP contribution < -0.4 is 0 Å². The lowest BCUT2D eigenvalue weighted by molar-refractivity contribution is 0.953. The number of thiophene rings is 1. The summed E-state index contributed by atoms with van der Waals surface area (Å²) in [6, 6.07) is 67.2. The summed E-state index contributed by atoms with van der Waals surface area (Å²) >= 11 is 1.81. The molecule has 57 heavy (non-hydrogen) atoms. The lowest BCUT2D eigenvalue weighted by Gasteiger charge is -2.16. The Kier molecular flexibility index (Phi) is 7.13. The van der Waals surface area contributed by atoms with Gasteiger partial charge in [0.2, 0.25) is 5.95 Å². The zero-order chi connectivity index (χ0) is 37.5. The van der Waals surface area contributed by atoms with Gasteiger partial charge in [0.1, 0.15) is 0 Å². The standard InChI is InChI=1S/C52H32N4S/c1-4-15-32(16-5-1)36-24-14-26-44-47(36)41-28-27-35(31-45(41)57-44)51-53-50(34-19-8-3-9-20-34)54-52(55-51)56-42-25-13-12-23-40(42)48-43(56)30-29-39-37-21-10-11-22-38(37)46(49(39)48)33-17-6-2-7-18-33/h1-31,46H. The second-order valence-electron chi connectivity index (χ2n) is 14.7. The highest BCUT2D eigenvalue weighted by molar-refractivity contribution is 7.26. The van der Waals surface area contributed by atoms with E-state index in [1.807, 2.05) is 29.5 Å². The Balaban J connectivity index is 1.10. The van der Waals surface area contributed by atoms with Crippen molar-refractivity contribution >= 4 is 53.3 Å². The molecule has 1 aliphatic carbocycles. The maximum Gasteiger partial charge on any atom is 0.238 e. The molecule has 0 fully saturated rings. The quantitative estimate of drug-likeness (QED) is 0.176. The second kappa shape index (κ2) is 12.7. The van der Waals surface area contributed by atoms with Gasteiger partial charge < -0.3 is 0 Å². The maximum absolute atomic E-state index is 5.35. The van der Waals surface area contributed by atoms with Crippen LogP contribution in [0.3, 0.4) is 0 Å². The van der Waals surface area contributed by atoms with E-state index in [2.05, 4.69) is 174 Å². The van der Waals surface area contributed by atoms with E-state index in [0.717, 1.165) is 22.2 Å². The Bertz CT molecular complexity index is 3350. The molecule has 0 bridgehead atoms. The highest BCUT2D eigenvalue weighted by atomic mass is 32.1. The number of rotatable bonds is 5. The molecule has 0 saturated carbocycles. The summed E-state index contributed by atoms with van der Waals surface area (Å²) in [4.78, 5) is 15.8. The van der Waals surface area contributed by atoms with E-state index in [0.29, 0.717) is 17.6 Å². The van der Waals surface area contributed by atoms with Crippen LogP contribution in [0, 0.1) is 0 Å². The fourth-order valence-corrected chi connectivity index (χ4v) is 10.3. The van der Waals surface area contributed by atoms with Crippen LogP contribution in [0.2, 0.25) is 0 Å².